The van der Waals surface area contributed by atoms with Crippen molar-refractivity contribution in [1.82, 2.24) is 20.0 Å². The number of nitrogens with one attached hydrogen (secondary N) is 1. The van der Waals surface area contributed by atoms with Crippen LogP contribution in [0.4, 0.5) is 4.79 Å². The summed E-state index contributed by atoms with van der Waals surface area (Å²) in [5, 5.41) is 3.57. The summed E-state index contributed by atoms with van der Waals surface area (Å²) in [5.41, 5.74) is 1.88. The lowest BCUT2D eigenvalue weighted by molar-refractivity contribution is -0.139. The fourth-order valence-corrected chi connectivity index (χ4v) is 5.68. The number of hydrogen-bond donors (Lipinski definition) is 1. The Morgan fingerprint density at radius 2 is 1.75 bits per heavy atom. The van der Waals surface area contributed by atoms with Gasteiger partial charge < -0.3 is 15.0 Å². The van der Waals surface area contributed by atoms with Crippen LogP contribution in [0.25, 0.3) is 0 Å². The molecule has 9 heteroatoms. The number of carbonyl (C=O) groups is 3. The second-order valence-corrected chi connectivity index (χ2v) is 10.1. The smallest absolute Gasteiger partial charge is 0.338 e. The fraction of sp³-hybridized carbons (Fsp3) is 0.593. The summed E-state index contributed by atoms with van der Waals surface area (Å²) in [6.45, 7) is 7.68. The zero-order chi connectivity index (χ0) is 25.7. The molecule has 0 aromatic heterocycles. The molecule has 8 nitrogen and oxygen atoms in total. The number of nitrogens with zero attached hydrogens (tertiary/aromatic N) is 3. The van der Waals surface area contributed by atoms with Gasteiger partial charge in [0.25, 0.3) is 0 Å². The van der Waals surface area contributed by atoms with Gasteiger partial charge in [0, 0.05) is 55.9 Å². The molecule has 0 bridgehead atoms. The van der Waals surface area contributed by atoms with E-state index in [1.54, 1.807) is 24.0 Å². The normalized spacial score (nSPS) is 22.0. The minimum atomic E-state index is -0.626. The second kappa shape index (κ2) is 12.1. The molecular formula is C27H37ClN4O4. The lowest BCUT2D eigenvalue weighted by atomic mass is 9.94. The monoisotopic (exact) mass is 516 g/mol. The summed E-state index contributed by atoms with van der Waals surface area (Å²) in [6, 6.07) is 6.28. The van der Waals surface area contributed by atoms with E-state index in [9.17, 15) is 14.4 Å². The van der Waals surface area contributed by atoms with Gasteiger partial charge in [0.15, 0.2) is 0 Å². The van der Waals surface area contributed by atoms with Crippen molar-refractivity contribution in [3.8, 4) is 0 Å². The molecule has 3 aliphatic rings. The van der Waals surface area contributed by atoms with Gasteiger partial charge >= 0.3 is 12.0 Å². The van der Waals surface area contributed by atoms with Crippen LogP contribution in [0.15, 0.2) is 35.5 Å². The topological polar surface area (TPSA) is 82.2 Å². The van der Waals surface area contributed by atoms with Gasteiger partial charge in [-0.1, -0.05) is 36.6 Å². The maximum Gasteiger partial charge on any atom is 0.338 e. The molecule has 1 aromatic rings. The Balaban J connectivity index is 1.61. The quantitative estimate of drug-likeness (QED) is 0.554. The molecule has 36 heavy (non-hydrogen) atoms. The van der Waals surface area contributed by atoms with Gasteiger partial charge in [0.05, 0.1) is 18.2 Å². The highest BCUT2D eigenvalue weighted by atomic mass is 35.5. The van der Waals surface area contributed by atoms with Crippen molar-refractivity contribution in [3.05, 3.63) is 46.1 Å². The Bertz CT molecular complexity index is 990. The van der Waals surface area contributed by atoms with Gasteiger partial charge in [0.2, 0.25) is 5.91 Å². The molecule has 0 unspecified atom stereocenters. The van der Waals surface area contributed by atoms with Crippen LogP contribution in [0.3, 0.4) is 0 Å². The first-order valence-corrected chi connectivity index (χ1v) is 13.6. The first-order chi connectivity index (χ1) is 17.4. The van der Waals surface area contributed by atoms with Crippen molar-refractivity contribution in [2.75, 3.05) is 45.9 Å². The maximum atomic E-state index is 13.3. The average Bonchev–Trinajstić information content (AvgIpc) is 3.31. The SMILES string of the molecule is CCOC(=O)C1=C(CN2CCCN(C(=O)C3CCCC3)CC2)N(CC)C(=O)N[C@@H]1c1ccc(Cl)cc1. The third-order valence-electron chi connectivity index (χ3n) is 7.43. The van der Waals surface area contributed by atoms with Crippen LogP contribution < -0.4 is 5.32 Å². The molecule has 196 valence electrons. The molecule has 1 aliphatic carbocycles. The number of esters is 1. The highest BCUT2D eigenvalue weighted by Crippen LogP contribution is 2.33. The first kappa shape index (κ1) is 26.5. The molecule has 2 heterocycles. The zero-order valence-electron chi connectivity index (χ0n) is 21.3. The van der Waals surface area contributed by atoms with Crippen LogP contribution >= 0.6 is 11.6 Å². The van der Waals surface area contributed by atoms with Gasteiger partial charge in [-0.05, 0) is 50.8 Å². The highest BCUT2D eigenvalue weighted by molar-refractivity contribution is 6.30. The molecule has 1 N–H and O–H groups in total. The first-order valence-electron chi connectivity index (χ1n) is 13.2. The van der Waals surface area contributed by atoms with Crippen molar-refractivity contribution in [3.63, 3.8) is 0 Å². The summed E-state index contributed by atoms with van der Waals surface area (Å²) in [4.78, 5) is 45.3. The molecule has 2 fully saturated rings. The van der Waals surface area contributed by atoms with Crippen molar-refractivity contribution >= 4 is 29.5 Å². The van der Waals surface area contributed by atoms with Crippen LogP contribution in [0.2, 0.25) is 5.02 Å². The van der Waals surface area contributed by atoms with E-state index in [0.717, 1.165) is 50.8 Å². The molecular weight excluding hydrogens is 480 g/mol. The number of likely N-dealkylation sites (N-methyl/N-ethyl adjacent to an activating group) is 1. The van der Waals surface area contributed by atoms with Gasteiger partial charge in [-0.15, -0.1) is 0 Å². The standard InChI is InChI=1S/C27H37ClN4O4/c1-3-32-22(18-30-14-7-15-31(17-16-30)25(33)20-8-5-6-9-20)23(26(34)36-4-2)24(29-27(32)35)19-10-12-21(28)13-11-19/h10-13,20,24H,3-9,14-18H2,1-2H3,(H,29,35)/t24-/m1/s1. The van der Waals surface area contributed by atoms with E-state index in [1.807, 2.05) is 24.0 Å². The molecule has 4 rings (SSSR count). The Morgan fingerprint density at radius 3 is 2.42 bits per heavy atom. The molecule has 0 spiro atoms. The number of halogens is 1. The molecule has 1 saturated heterocycles. The van der Waals surface area contributed by atoms with E-state index in [0.29, 0.717) is 42.5 Å². The van der Waals surface area contributed by atoms with Crippen LogP contribution in [0.1, 0.15) is 57.6 Å². The van der Waals surface area contributed by atoms with E-state index in [2.05, 4.69) is 10.2 Å². The summed E-state index contributed by atoms with van der Waals surface area (Å²) in [7, 11) is 0. The number of carbonyl (C=O) groups excluding carboxylic acids is 3. The van der Waals surface area contributed by atoms with Gasteiger partial charge in [-0.25, -0.2) is 9.59 Å². The van der Waals surface area contributed by atoms with Gasteiger partial charge in [-0.3, -0.25) is 14.6 Å². The molecule has 3 amide bonds. The Hall–Kier alpha value is -2.58. The van der Waals surface area contributed by atoms with Crippen LogP contribution in [0, 0.1) is 5.92 Å². The number of ether oxygens (including phenoxy) is 1. The predicted molar refractivity (Wildman–Crippen MR) is 138 cm³/mol. The van der Waals surface area contributed by atoms with Crippen molar-refractivity contribution < 1.29 is 19.1 Å². The van der Waals surface area contributed by atoms with Gasteiger partial charge in [0.1, 0.15) is 0 Å². The molecule has 1 saturated carbocycles. The van der Waals surface area contributed by atoms with Crippen LogP contribution in [0.5, 0.6) is 0 Å². The van der Waals surface area contributed by atoms with Crippen molar-refractivity contribution in [2.45, 2.75) is 52.0 Å². The summed E-state index contributed by atoms with van der Waals surface area (Å²) >= 11 is 6.09. The third kappa shape index (κ3) is 5.86. The highest BCUT2D eigenvalue weighted by Gasteiger charge is 2.38. The molecule has 1 aromatic carbocycles. The number of amides is 3. The van der Waals surface area contributed by atoms with Crippen LogP contribution in [-0.2, 0) is 14.3 Å². The lowest BCUT2D eigenvalue weighted by Gasteiger charge is -2.38. The Morgan fingerprint density at radius 1 is 1.03 bits per heavy atom. The van der Waals surface area contributed by atoms with Crippen molar-refractivity contribution in [1.29, 1.82) is 0 Å². The fourth-order valence-electron chi connectivity index (χ4n) is 5.56. The number of benzene rings is 1. The lowest BCUT2D eigenvalue weighted by Crippen LogP contribution is -2.51. The summed E-state index contributed by atoms with van der Waals surface area (Å²) < 4.78 is 5.46. The number of urea groups is 1. The minimum absolute atomic E-state index is 0.174. The maximum absolute atomic E-state index is 13.3. The summed E-state index contributed by atoms with van der Waals surface area (Å²) in [6.07, 6.45) is 5.15. The molecule has 2 aliphatic heterocycles. The van der Waals surface area contributed by atoms with E-state index in [-0.39, 0.29) is 24.5 Å². The van der Waals surface area contributed by atoms with E-state index in [4.69, 9.17) is 16.3 Å². The van der Waals surface area contributed by atoms with E-state index >= 15 is 0 Å². The Labute approximate surface area is 218 Å². The van der Waals surface area contributed by atoms with Crippen molar-refractivity contribution in [2.24, 2.45) is 5.92 Å². The molecule has 1 atom stereocenters. The number of rotatable bonds is 7. The third-order valence-corrected chi connectivity index (χ3v) is 7.68. The zero-order valence-corrected chi connectivity index (χ0v) is 22.1. The minimum Gasteiger partial charge on any atom is -0.463 e. The largest absolute Gasteiger partial charge is 0.463 e. The van der Waals surface area contributed by atoms with E-state index in [1.165, 1.54) is 0 Å². The average molecular weight is 517 g/mol. The molecule has 0 radical (unpaired) electrons. The van der Waals surface area contributed by atoms with Gasteiger partial charge in [-0.2, -0.15) is 0 Å². The predicted octanol–water partition coefficient (Wildman–Crippen LogP) is 3.97. The number of hydrogen-bond acceptors (Lipinski definition) is 5. The van der Waals surface area contributed by atoms with Crippen LogP contribution in [-0.4, -0.2) is 78.5 Å². The second-order valence-electron chi connectivity index (χ2n) is 9.70. The van der Waals surface area contributed by atoms with E-state index < -0.39 is 12.0 Å². The summed E-state index contributed by atoms with van der Waals surface area (Å²) in [5.74, 6) is 0.0296. The Kier molecular flexibility index (Phi) is 8.90.